The average molecular weight is 303 g/mol. The molecule has 0 amide bonds. The van der Waals surface area contributed by atoms with Crippen molar-refractivity contribution in [1.82, 2.24) is 5.32 Å². The zero-order chi connectivity index (χ0) is 13.8. The number of rotatable bonds is 6. The van der Waals surface area contributed by atoms with Crippen LogP contribution in [-0.4, -0.2) is 0 Å². The van der Waals surface area contributed by atoms with E-state index in [1.165, 1.54) is 9.75 Å². The molecular formula is C16H17NOS2. The molecule has 1 unspecified atom stereocenters. The summed E-state index contributed by atoms with van der Waals surface area (Å²) in [5.41, 5.74) is 0. The topological polar surface area (TPSA) is 25.2 Å². The Bertz CT molecular complexity index is 599. The molecule has 0 aromatic carbocycles. The maximum absolute atomic E-state index is 5.49. The third kappa shape index (κ3) is 3.20. The summed E-state index contributed by atoms with van der Waals surface area (Å²) in [6, 6.07) is 13.1. The monoisotopic (exact) mass is 303 g/mol. The third-order valence-electron chi connectivity index (χ3n) is 3.29. The van der Waals surface area contributed by atoms with E-state index in [-0.39, 0.29) is 6.04 Å². The number of furan rings is 1. The maximum atomic E-state index is 5.49. The van der Waals surface area contributed by atoms with Crippen LogP contribution in [0.1, 0.15) is 34.5 Å². The van der Waals surface area contributed by atoms with E-state index in [0.29, 0.717) is 6.04 Å². The van der Waals surface area contributed by atoms with Gasteiger partial charge in [-0.25, -0.2) is 0 Å². The van der Waals surface area contributed by atoms with Crippen LogP contribution in [0.3, 0.4) is 0 Å². The summed E-state index contributed by atoms with van der Waals surface area (Å²) in [5, 5.41) is 7.95. The van der Waals surface area contributed by atoms with Crippen molar-refractivity contribution < 1.29 is 4.42 Å². The smallest absolute Gasteiger partial charge is 0.120 e. The van der Waals surface area contributed by atoms with Gasteiger partial charge in [-0.1, -0.05) is 12.1 Å². The van der Waals surface area contributed by atoms with Crippen molar-refractivity contribution in [2.75, 3.05) is 0 Å². The molecule has 3 aromatic heterocycles. The van der Waals surface area contributed by atoms with E-state index in [2.05, 4.69) is 47.3 Å². The lowest BCUT2D eigenvalue weighted by Gasteiger charge is -2.21. The van der Waals surface area contributed by atoms with E-state index >= 15 is 0 Å². The van der Waals surface area contributed by atoms with E-state index in [9.17, 15) is 0 Å². The summed E-state index contributed by atoms with van der Waals surface area (Å²) in [7, 11) is 0. The number of hydrogen-bond acceptors (Lipinski definition) is 4. The molecule has 0 spiro atoms. The summed E-state index contributed by atoms with van der Waals surface area (Å²) >= 11 is 3.62. The van der Waals surface area contributed by atoms with Crippen LogP contribution < -0.4 is 5.32 Å². The van der Waals surface area contributed by atoms with E-state index in [4.69, 9.17) is 4.42 Å². The van der Waals surface area contributed by atoms with E-state index in [1.54, 1.807) is 17.6 Å². The van der Waals surface area contributed by atoms with Crippen molar-refractivity contribution in [3.05, 3.63) is 68.9 Å². The van der Waals surface area contributed by atoms with Crippen molar-refractivity contribution >= 4 is 22.7 Å². The van der Waals surface area contributed by atoms with E-state index in [0.717, 1.165) is 12.2 Å². The third-order valence-corrected chi connectivity index (χ3v) is 5.18. The molecule has 3 rings (SSSR count). The summed E-state index contributed by atoms with van der Waals surface area (Å²) in [4.78, 5) is 2.78. The van der Waals surface area contributed by atoms with Gasteiger partial charge in [0.05, 0.1) is 12.3 Å². The molecule has 0 fully saturated rings. The van der Waals surface area contributed by atoms with Gasteiger partial charge in [-0.2, -0.15) is 0 Å². The molecule has 4 heteroatoms. The fourth-order valence-electron chi connectivity index (χ4n) is 2.28. The van der Waals surface area contributed by atoms with E-state index in [1.807, 2.05) is 23.5 Å². The fraction of sp³-hybridized carbons (Fsp3) is 0.250. The first kappa shape index (κ1) is 13.6. The van der Waals surface area contributed by atoms with Crippen molar-refractivity contribution in [3.8, 4) is 0 Å². The first-order valence-corrected chi connectivity index (χ1v) is 8.44. The second-order valence-electron chi connectivity index (χ2n) is 4.76. The molecule has 0 aliphatic heterocycles. The Labute approximate surface area is 127 Å². The fourth-order valence-corrected chi connectivity index (χ4v) is 3.82. The van der Waals surface area contributed by atoms with Crippen LogP contribution in [0.15, 0.2) is 57.8 Å². The van der Waals surface area contributed by atoms with Crippen LogP contribution in [0, 0.1) is 0 Å². The van der Waals surface area contributed by atoms with E-state index < -0.39 is 0 Å². The second kappa shape index (κ2) is 6.39. The lowest BCUT2D eigenvalue weighted by Crippen LogP contribution is -2.25. The number of thiophene rings is 2. The van der Waals surface area contributed by atoms with Crippen LogP contribution in [0.4, 0.5) is 0 Å². The normalized spacial score (nSPS) is 14.2. The highest BCUT2D eigenvalue weighted by molar-refractivity contribution is 7.10. The minimum absolute atomic E-state index is 0.206. The maximum Gasteiger partial charge on any atom is 0.120 e. The Morgan fingerprint density at radius 2 is 1.95 bits per heavy atom. The molecule has 2 atom stereocenters. The molecule has 0 saturated heterocycles. The Morgan fingerprint density at radius 1 is 1.10 bits per heavy atom. The van der Waals surface area contributed by atoms with Gasteiger partial charge in [0.15, 0.2) is 0 Å². The predicted molar refractivity (Wildman–Crippen MR) is 85.3 cm³/mol. The summed E-state index contributed by atoms with van der Waals surface area (Å²) in [6.07, 6.45) is 2.75. The predicted octanol–water partition coefficient (Wildman–Crippen LogP) is 5.04. The molecule has 3 aromatic rings. The highest BCUT2D eigenvalue weighted by Crippen LogP contribution is 2.27. The standard InChI is InChI=1S/C16H17NOS2/c1-12(15-6-2-8-18-15)17-14(16-7-4-10-20-16)11-13-5-3-9-19-13/h2-10,12,14,17H,11H2,1H3/t12-,14?/m1/s1. The van der Waals surface area contributed by atoms with Gasteiger partial charge >= 0.3 is 0 Å². The van der Waals surface area contributed by atoms with Gasteiger partial charge in [-0.05, 0) is 41.9 Å². The summed E-state index contributed by atoms with van der Waals surface area (Å²) < 4.78 is 5.49. The Hall–Kier alpha value is -1.36. The summed E-state index contributed by atoms with van der Waals surface area (Å²) in [5.74, 6) is 0.984. The van der Waals surface area contributed by atoms with Crippen molar-refractivity contribution in [3.63, 3.8) is 0 Å². The number of hydrogen-bond donors (Lipinski definition) is 1. The van der Waals surface area contributed by atoms with Crippen molar-refractivity contribution in [2.45, 2.75) is 25.4 Å². The first-order chi connectivity index (χ1) is 9.83. The summed E-state index contributed by atoms with van der Waals surface area (Å²) in [6.45, 7) is 2.15. The molecule has 2 nitrogen and oxygen atoms in total. The van der Waals surface area contributed by atoms with Gasteiger partial charge in [-0.15, -0.1) is 22.7 Å². The zero-order valence-corrected chi connectivity index (χ0v) is 12.9. The molecule has 0 bridgehead atoms. The molecule has 0 aliphatic carbocycles. The molecular weight excluding hydrogens is 286 g/mol. The highest BCUT2D eigenvalue weighted by Gasteiger charge is 2.18. The highest BCUT2D eigenvalue weighted by atomic mass is 32.1. The van der Waals surface area contributed by atoms with Crippen LogP contribution in [-0.2, 0) is 6.42 Å². The first-order valence-electron chi connectivity index (χ1n) is 6.68. The Morgan fingerprint density at radius 3 is 2.60 bits per heavy atom. The minimum atomic E-state index is 0.206. The Balaban J connectivity index is 1.75. The molecule has 104 valence electrons. The lowest BCUT2D eigenvalue weighted by molar-refractivity contribution is 0.393. The van der Waals surface area contributed by atoms with Crippen LogP contribution in [0.25, 0.3) is 0 Å². The van der Waals surface area contributed by atoms with Gasteiger partial charge in [0, 0.05) is 22.2 Å². The quantitative estimate of drug-likeness (QED) is 0.690. The van der Waals surface area contributed by atoms with Gasteiger partial charge in [0.2, 0.25) is 0 Å². The van der Waals surface area contributed by atoms with Gasteiger partial charge in [-0.3, -0.25) is 5.32 Å². The second-order valence-corrected chi connectivity index (χ2v) is 6.77. The van der Waals surface area contributed by atoms with Crippen LogP contribution >= 0.6 is 22.7 Å². The van der Waals surface area contributed by atoms with Crippen LogP contribution in [0.5, 0.6) is 0 Å². The number of nitrogens with one attached hydrogen (secondary N) is 1. The van der Waals surface area contributed by atoms with Crippen molar-refractivity contribution in [1.29, 1.82) is 0 Å². The van der Waals surface area contributed by atoms with Crippen LogP contribution in [0.2, 0.25) is 0 Å². The molecule has 0 radical (unpaired) electrons. The molecule has 0 saturated carbocycles. The molecule has 1 N–H and O–H groups in total. The lowest BCUT2D eigenvalue weighted by atomic mass is 10.1. The van der Waals surface area contributed by atoms with Gasteiger partial charge in [0.25, 0.3) is 0 Å². The van der Waals surface area contributed by atoms with Gasteiger partial charge < -0.3 is 4.42 Å². The largest absolute Gasteiger partial charge is 0.468 e. The molecule has 0 aliphatic rings. The molecule has 3 heterocycles. The molecule has 20 heavy (non-hydrogen) atoms. The minimum Gasteiger partial charge on any atom is -0.468 e. The van der Waals surface area contributed by atoms with Crippen molar-refractivity contribution in [2.24, 2.45) is 0 Å². The zero-order valence-electron chi connectivity index (χ0n) is 11.3. The van der Waals surface area contributed by atoms with Gasteiger partial charge in [0.1, 0.15) is 5.76 Å². The average Bonchev–Trinajstić information content (AvgIpc) is 3.20. The SMILES string of the molecule is C[C@@H](NC(Cc1cccs1)c1cccs1)c1ccco1. The Kier molecular flexibility index (Phi) is 4.35.